The van der Waals surface area contributed by atoms with E-state index in [1.54, 1.807) is 0 Å². The molecule has 2 N–H and O–H groups in total. The number of benzene rings is 2. The number of anilines is 1. The molecule has 108 valence electrons. The lowest BCUT2D eigenvalue weighted by atomic mass is 10.1. The molecule has 0 aliphatic carbocycles. The van der Waals surface area contributed by atoms with Crippen LogP contribution in [0.15, 0.2) is 53.0 Å². The third kappa shape index (κ3) is 3.10. The average molecular weight is 345 g/mol. The van der Waals surface area contributed by atoms with Crippen LogP contribution in [0, 0.1) is 0 Å². The number of nitrogens with one attached hydrogen (secondary N) is 2. The number of hydrogen-bond donors (Lipinski definition) is 2. The molecule has 4 heteroatoms. The van der Waals surface area contributed by atoms with Gasteiger partial charge in [-0.05, 0) is 36.2 Å². The Morgan fingerprint density at radius 2 is 1.95 bits per heavy atom. The Balaban J connectivity index is 1.64. The van der Waals surface area contributed by atoms with Gasteiger partial charge in [-0.3, -0.25) is 4.79 Å². The number of rotatable bonds is 3. The van der Waals surface area contributed by atoms with Crippen molar-refractivity contribution in [3.05, 3.63) is 64.1 Å². The van der Waals surface area contributed by atoms with E-state index in [-0.39, 0.29) is 18.0 Å². The summed E-state index contributed by atoms with van der Waals surface area (Å²) >= 11 is 3.42. The minimum absolute atomic E-state index is 0.00360. The van der Waals surface area contributed by atoms with E-state index in [0.29, 0.717) is 0 Å². The molecule has 0 saturated heterocycles. The Bertz CT molecular complexity index is 629. The van der Waals surface area contributed by atoms with Gasteiger partial charge in [0.15, 0.2) is 0 Å². The maximum Gasteiger partial charge on any atom is 0.243 e. The lowest BCUT2D eigenvalue weighted by molar-refractivity contribution is -0.122. The molecule has 21 heavy (non-hydrogen) atoms. The highest BCUT2D eigenvalue weighted by Gasteiger charge is 2.27. The van der Waals surface area contributed by atoms with Gasteiger partial charge in [-0.2, -0.15) is 0 Å². The maximum absolute atomic E-state index is 12.4. The minimum Gasteiger partial charge on any atom is -0.373 e. The first-order valence-corrected chi connectivity index (χ1v) is 7.83. The molecule has 0 spiro atoms. The van der Waals surface area contributed by atoms with E-state index in [2.05, 4.69) is 32.6 Å². The summed E-state index contributed by atoms with van der Waals surface area (Å²) in [6.45, 7) is 2.00. The number of para-hydroxylation sites is 1. The highest BCUT2D eigenvalue weighted by molar-refractivity contribution is 9.10. The van der Waals surface area contributed by atoms with Crippen LogP contribution in [0.2, 0.25) is 0 Å². The van der Waals surface area contributed by atoms with Crippen molar-refractivity contribution < 1.29 is 4.79 Å². The molecule has 3 nitrogen and oxygen atoms in total. The molecule has 1 amide bonds. The molecule has 1 aliphatic rings. The van der Waals surface area contributed by atoms with Crippen LogP contribution in [0.25, 0.3) is 0 Å². The van der Waals surface area contributed by atoms with E-state index in [0.717, 1.165) is 22.1 Å². The zero-order chi connectivity index (χ0) is 14.8. The molecule has 0 radical (unpaired) electrons. The topological polar surface area (TPSA) is 41.1 Å². The second kappa shape index (κ2) is 5.90. The van der Waals surface area contributed by atoms with Crippen LogP contribution in [-0.2, 0) is 11.2 Å². The second-order valence-electron chi connectivity index (χ2n) is 5.34. The summed E-state index contributed by atoms with van der Waals surface area (Å²) in [5.41, 5.74) is 3.37. The fourth-order valence-electron chi connectivity index (χ4n) is 2.60. The third-order valence-corrected chi connectivity index (χ3v) is 4.35. The summed E-state index contributed by atoms with van der Waals surface area (Å²) in [5, 5.41) is 6.36. The van der Waals surface area contributed by atoms with Crippen molar-refractivity contribution in [2.75, 3.05) is 5.32 Å². The van der Waals surface area contributed by atoms with Crippen LogP contribution in [-0.4, -0.2) is 11.9 Å². The van der Waals surface area contributed by atoms with Gasteiger partial charge in [0.25, 0.3) is 0 Å². The molecule has 0 bridgehead atoms. The fourth-order valence-corrected chi connectivity index (χ4v) is 2.87. The van der Waals surface area contributed by atoms with Gasteiger partial charge in [0.1, 0.15) is 6.04 Å². The smallest absolute Gasteiger partial charge is 0.243 e. The number of fused-ring (bicyclic) bond motifs is 1. The van der Waals surface area contributed by atoms with E-state index in [4.69, 9.17) is 0 Å². The molecule has 0 saturated carbocycles. The van der Waals surface area contributed by atoms with Gasteiger partial charge >= 0.3 is 0 Å². The lowest BCUT2D eigenvalue weighted by Crippen LogP contribution is -2.39. The number of hydrogen-bond acceptors (Lipinski definition) is 2. The van der Waals surface area contributed by atoms with Crippen LogP contribution in [0.5, 0.6) is 0 Å². The molecule has 0 aromatic heterocycles. The van der Waals surface area contributed by atoms with Crippen molar-refractivity contribution in [1.82, 2.24) is 5.32 Å². The van der Waals surface area contributed by atoms with Gasteiger partial charge in [-0.15, -0.1) is 0 Å². The quantitative estimate of drug-likeness (QED) is 0.891. The molecule has 2 aromatic rings. The Hall–Kier alpha value is -1.81. The highest BCUT2D eigenvalue weighted by Crippen LogP contribution is 2.25. The van der Waals surface area contributed by atoms with Crippen molar-refractivity contribution in [2.24, 2.45) is 0 Å². The molecule has 2 atom stereocenters. The fraction of sp³-hybridized carbons (Fsp3) is 0.235. The number of halogens is 1. The van der Waals surface area contributed by atoms with E-state index >= 15 is 0 Å². The average Bonchev–Trinajstić information content (AvgIpc) is 2.92. The molecule has 2 aromatic carbocycles. The largest absolute Gasteiger partial charge is 0.373 e. The molecule has 0 fully saturated rings. The van der Waals surface area contributed by atoms with E-state index < -0.39 is 0 Å². The van der Waals surface area contributed by atoms with Crippen molar-refractivity contribution >= 4 is 27.5 Å². The van der Waals surface area contributed by atoms with Crippen molar-refractivity contribution in [2.45, 2.75) is 25.4 Å². The molecular weight excluding hydrogens is 328 g/mol. The molecule has 1 aliphatic heterocycles. The summed E-state index contributed by atoms with van der Waals surface area (Å²) < 4.78 is 1.04. The predicted octanol–water partition coefficient (Wildman–Crippen LogP) is 3.66. The zero-order valence-corrected chi connectivity index (χ0v) is 13.4. The molecule has 3 rings (SSSR count). The normalized spacial score (nSPS) is 17.7. The van der Waals surface area contributed by atoms with Crippen LogP contribution in [0.1, 0.15) is 24.1 Å². The van der Waals surface area contributed by atoms with E-state index in [1.807, 2.05) is 49.4 Å². The Kier molecular flexibility index (Phi) is 3.97. The number of carbonyl (C=O) groups excluding carboxylic acids is 1. The summed E-state index contributed by atoms with van der Waals surface area (Å²) in [7, 11) is 0. The monoisotopic (exact) mass is 344 g/mol. The van der Waals surface area contributed by atoms with Crippen molar-refractivity contribution in [1.29, 1.82) is 0 Å². The first-order chi connectivity index (χ1) is 10.1. The summed E-state index contributed by atoms with van der Waals surface area (Å²) in [6, 6.07) is 15.9. The minimum atomic E-state index is -0.180. The maximum atomic E-state index is 12.4. The summed E-state index contributed by atoms with van der Waals surface area (Å²) in [6.07, 6.45) is 0.745. The lowest BCUT2D eigenvalue weighted by Gasteiger charge is -2.18. The van der Waals surface area contributed by atoms with Gasteiger partial charge in [-0.1, -0.05) is 46.3 Å². The van der Waals surface area contributed by atoms with E-state index in [1.165, 1.54) is 5.56 Å². The molecule has 1 heterocycles. The SMILES string of the molecule is CC(NC(=O)C1Cc2ccccc2N1)c1ccc(Br)cc1. The number of amides is 1. The summed E-state index contributed by atoms with van der Waals surface area (Å²) in [4.78, 5) is 12.4. The zero-order valence-electron chi connectivity index (χ0n) is 11.8. The van der Waals surface area contributed by atoms with Crippen LogP contribution < -0.4 is 10.6 Å². The number of carbonyl (C=O) groups is 1. The van der Waals surface area contributed by atoms with Crippen LogP contribution in [0.3, 0.4) is 0 Å². The first kappa shape index (κ1) is 14.1. The van der Waals surface area contributed by atoms with Gasteiger partial charge in [-0.25, -0.2) is 0 Å². The Labute approximate surface area is 132 Å². The van der Waals surface area contributed by atoms with Gasteiger partial charge < -0.3 is 10.6 Å². The summed E-state index contributed by atoms with van der Waals surface area (Å²) in [5.74, 6) is 0.0432. The van der Waals surface area contributed by atoms with E-state index in [9.17, 15) is 4.79 Å². The predicted molar refractivity (Wildman–Crippen MR) is 88.3 cm³/mol. The van der Waals surface area contributed by atoms with Gasteiger partial charge in [0.2, 0.25) is 5.91 Å². The Morgan fingerprint density at radius 1 is 1.24 bits per heavy atom. The van der Waals surface area contributed by atoms with Crippen molar-refractivity contribution in [3.8, 4) is 0 Å². The van der Waals surface area contributed by atoms with Gasteiger partial charge in [0.05, 0.1) is 6.04 Å². The molecular formula is C17H17BrN2O. The van der Waals surface area contributed by atoms with Crippen LogP contribution in [0.4, 0.5) is 5.69 Å². The Morgan fingerprint density at radius 3 is 2.67 bits per heavy atom. The first-order valence-electron chi connectivity index (χ1n) is 7.04. The third-order valence-electron chi connectivity index (χ3n) is 3.82. The van der Waals surface area contributed by atoms with Crippen molar-refractivity contribution in [3.63, 3.8) is 0 Å². The molecule has 2 unspecified atom stereocenters. The second-order valence-corrected chi connectivity index (χ2v) is 6.26. The van der Waals surface area contributed by atoms with Gasteiger partial charge in [0, 0.05) is 16.6 Å². The standard InChI is InChI=1S/C17H17BrN2O/c1-11(12-6-8-14(18)9-7-12)19-17(21)16-10-13-4-2-3-5-15(13)20-16/h2-9,11,16,20H,10H2,1H3,(H,19,21). The van der Waals surface area contributed by atoms with Crippen LogP contribution >= 0.6 is 15.9 Å². The highest BCUT2D eigenvalue weighted by atomic mass is 79.9.